The zero-order chi connectivity index (χ0) is 30.1. The number of aromatic carboxylic acids is 1. The maximum Gasteiger partial charge on any atom is 0.339 e. The average Bonchev–Trinajstić information content (AvgIpc) is 3.00. The number of carboxylic acid groups (broad SMARTS) is 1. The lowest BCUT2D eigenvalue weighted by atomic mass is 9.95. The van der Waals surface area contributed by atoms with Gasteiger partial charge in [0.2, 0.25) is 0 Å². The first-order valence-corrected chi connectivity index (χ1v) is 13.0. The first-order chi connectivity index (χ1) is 19.7. The van der Waals surface area contributed by atoms with Gasteiger partial charge in [0.25, 0.3) is 17.7 Å². The molecule has 13 nitrogen and oxygen atoms in total. The number of carboxylic acids is 1. The molecule has 3 amide bonds. The Kier molecular flexibility index (Phi) is 10.8. The van der Waals surface area contributed by atoms with Crippen molar-refractivity contribution in [2.45, 2.75) is 12.8 Å². The topological polar surface area (TPSA) is 179 Å². The zero-order valence-electron chi connectivity index (χ0n) is 23.6. The SMILES string of the molecule is COc1cc(OC)c(C(=O)N2CCC(CNC(=O)c3cc(C(=O)NCCN)c(OC)cc3OC)CC2)cc1C(=O)O. The van der Waals surface area contributed by atoms with Crippen LogP contribution in [0.25, 0.3) is 0 Å². The number of ether oxygens (including phenoxy) is 4. The summed E-state index contributed by atoms with van der Waals surface area (Å²) in [6, 6.07) is 5.56. The van der Waals surface area contributed by atoms with Gasteiger partial charge in [0.15, 0.2) is 0 Å². The molecule has 1 heterocycles. The summed E-state index contributed by atoms with van der Waals surface area (Å²) in [7, 11) is 5.58. The van der Waals surface area contributed by atoms with E-state index in [9.17, 15) is 24.3 Å². The van der Waals surface area contributed by atoms with Gasteiger partial charge in [0, 0.05) is 44.9 Å². The fourth-order valence-electron chi connectivity index (χ4n) is 4.61. The highest BCUT2D eigenvalue weighted by atomic mass is 16.5. The minimum atomic E-state index is -1.22. The van der Waals surface area contributed by atoms with Gasteiger partial charge in [0.1, 0.15) is 28.6 Å². The third kappa shape index (κ3) is 7.17. The summed E-state index contributed by atoms with van der Waals surface area (Å²) in [6.45, 7) is 1.70. The molecule has 1 fully saturated rings. The number of rotatable bonds is 12. The quantitative estimate of drug-likeness (QED) is 0.290. The molecule has 0 spiro atoms. The van der Waals surface area contributed by atoms with E-state index in [1.807, 2.05) is 0 Å². The van der Waals surface area contributed by atoms with Gasteiger partial charge in [-0.05, 0) is 30.9 Å². The van der Waals surface area contributed by atoms with Gasteiger partial charge in [-0.2, -0.15) is 0 Å². The Balaban J connectivity index is 1.66. The largest absolute Gasteiger partial charge is 0.496 e. The third-order valence-electron chi connectivity index (χ3n) is 6.88. The Bertz CT molecular complexity index is 1290. The van der Waals surface area contributed by atoms with Crippen molar-refractivity contribution in [3.05, 3.63) is 46.5 Å². The van der Waals surface area contributed by atoms with Crippen molar-refractivity contribution in [3.63, 3.8) is 0 Å². The first-order valence-electron chi connectivity index (χ1n) is 13.0. The standard InChI is InChI=1S/C28H36N4O9/c1-38-21-13-22(39-2)18(11-17(21)25(33)30-8-7-29)26(34)31-15-16-5-9-32(10-6-16)27(35)19-12-20(28(36)37)24(41-4)14-23(19)40-3/h11-14,16H,5-10,15,29H2,1-4H3,(H,30,33)(H,31,34)(H,36,37). The van der Waals surface area contributed by atoms with Crippen LogP contribution in [0.15, 0.2) is 24.3 Å². The Morgan fingerprint density at radius 3 is 1.73 bits per heavy atom. The molecule has 5 N–H and O–H groups in total. The van der Waals surface area contributed by atoms with E-state index in [0.717, 1.165) is 0 Å². The monoisotopic (exact) mass is 572 g/mol. The minimum Gasteiger partial charge on any atom is -0.496 e. The summed E-state index contributed by atoms with van der Waals surface area (Å²) in [5.41, 5.74) is 5.83. The smallest absolute Gasteiger partial charge is 0.339 e. The van der Waals surface area contributed by atoms with E-state index in [2.05, 4.69) is 10.6 Å². The van der Waals surface area contributed by atoms with Crippen molar-refractivity contribution in [2.24, 2.45) is 11.7 Å². The molecule has 3 rings (SSSR count). The van der Waals surface area contributed by atoms with Crippen molar-refractivity contribution < 1.29 is 43.2 Å². The number of hydrogen-bond acceptors (Lipinski definition) is 9. The van der Waals surface area contributed by atoms with Gasteiger partial charge in [-0.25, -0.2) is 4.79 Å². The molecule has 41 heavy (non-hydrogen) atoms. The number of nitrogens with two attached hydrogens (primary N) is 1. The van der Waals surface area contributed by atoms with E-state index < -0.39 is 17.8 Å². The van der Waals surface area contributed by atoms with E-state index in [1.165, 1.54) is 52.7 Å². The van der Waals surface area contributed by atoms with Crippen LogP contribution in [0.4, 0.5) is 0 Å². The number of nitrogens with zero attached hydrogens (tertiary/aromatic N) is 1. The lowest BCUT2D eigenvalue weighted by molar-refractivity contribution is 0.0679. The van der Waals surface area contributed by atoms with Crippen molar-refractivity contribution in [2.75, 3.05) is 61.2 Å². The summed E-state index contributed by atoms with van der Waals surface area (Å²) >= 11 is 0. The Morgan fingerprint density at radius 2 is 1.24 bits per heavy atom. The maximum atomic E-state index is 13.3. The van der Waals surface area contributed by atoms with E-state index >= 15 is 0 Å². The van der Waals surface area contributed by atoms with Crippen LogP contribution in [0.3, 0.4) is 0 Å². The van der Waals surface area contributed by atoms with Crippen molar-refractivity contribution in [3.8, 4) is 23.0 Å². The van der Waals surface area contributed by atoms with Gasteiger partial charge >= 0.3 is 5.97 Å². The van der Waals surface area contributed by atoms with Gasteiger partial charge in [-0.3, -0.25) is 14.4 Å². The number of likely N-dealkylation sites (tertiary alicyclic amines) is 1. The summed E-state index contributed by atoms with van der Waals surface area (Å²) < 4.78 is 21.1. The van der Waals surface area contributed by atoms with Crippen LogP contribution in [-0.2, 0) is 0 Å². The van der Waals surface area contributed by atoms with E-state index in [0.29, 0.717) is 32.5 Å². The molecule has 1 aliphatic rings. The molecule has 0 atom stereocenters. The third-order valence-corrected chi connectivity index (χ3v) is 6.88. The summed E-state index contributed by atoms with van der Waals surface area (Å²) in [5.74, 6) is -1.49. The molecule has 222 valence electrons. The highest BCUT2D eigenvalue weighted by Gasteiger charge is 2.28. The first kappa shape index (κ1) is 31.0. The summed E-state index contributed by atoms with van der Waals surface area (Å²) in [5, 5.41) is 15.1. The molecular formula is C28H36N4O9. The molecule has 0 aromatic heterocycles. The van der Waals surface area contributed by atoms with Crippen LogP contribution in [0.5, 0.6) is 23.0 Å². The van der Waals surface area contributed by atoms with Gasteiger partial charge in [0.05, 0.1) is 45.1 Å². The van der Waals surface area contributed by atoms with E-state index in [4.69, 9.17) is 24.7 Å². The van der Waals surface area contributed by atoms with Crippen LogP contribution in [0, 0.1) is 5.92 Å². The Labute approximate surface area is 237 Å². The molecule has 0 aliphatic carbocycles. The number of hydrogen-bond donors (Lipinski definition) is 4. The fraction of sp³-hybridized carbons (Fsp3) is 0.429. The lowest BCUT2D eigenvalue weighted by Gasteiger charge is -2.32. The molecule has 13 heteroatoms. The predicted molar refractivity (Wildman–Crippen MR) is 148 cm³/mol. The second-order valence-corrected chi connectivity index (χ2v) is 9.30. The van der Waals surface area contributed by atoms with E-state index in [1.54, 1.807) is 4.90 Å². The van der Waals surface area contributed by atoms with Gasteiger partial charge in [-0.15, -0.1) is 0 Å². The number of methoxy groups -OCH3 is 4. The molecule has 0 bridgehead atoms. The maximum absolute atomic E-state index is 13.3. The average molecular weight is 573 g/mol. The normalized spacial score (nSPS) is 13.2. The molecule has 1 aliphatic heterocycles. The number of nitrogens with one attached hydrogen (secondary N) is 2. The van der Waals surface area contributed by atoms with Crippen LogP contribution >= 0.6 is 0 Å². The summed E-state index contributed by atoms with van der Waals surface area (Å²) in [4.78, 5) is 52.2. The highest BCUT2D eigenvalue weighted by molar-refractivity contribution is 6.03. The molecule has 1 saturated heterocycles. The number of carbonyl (C=O) groups is 4. The predicted octanol–water partition coefficient (Wildman–Crippen LogP) is 1.39. The number of benzene rings is 2. The van der Waals surface area contributed by atoms with Crippen molar-refractivity contribution in [1.82, 2.24) is 15.5 Å². The second-order valence-electron chi connectivity index (χ2n) is 9.30. The molecular weight excluding hydrogens is 536 g/mol. The molecule has 0 saturated carbocycles. The summed E-state index contributed by atoms with van der Waals surface area (Å²) in [6.07, 6.45) is 1.23. The number of carbonyl (C=O) groups excluding carboxylic acids is 3. The zero-order valence-corrected chi connectivity index (χ0v) is 23.6. The second kappa shape index (κ2) is 14.2. The Morgan fingerprint density at radius 1 is 0.780 bits per heavy atom. The molecule has 0 unspecified atom stereocenters. The molecule has 2 aromatic carbocycles. The molecule has 2 aromatic rings. The van der Waals surface area contributed by atoms with Crippen LogP contribution < -0.4 is 35.3 Å². The molecule has 0 radical (unpaired) electrons. The highest BCUT2D eigenvalue weighted by Crippen LogP contribution is 2.32. The van der Waals surface area contributed by atoms with E-state index in [-0.39, 0.29) is 70.2 Å². The van der Waals surface area contributed by atoms with Crippen molar-refractivity contribution in [1.29, 1.82) is 0 Å². The van der Waals surface area contributed by atoms with Gasteiger partial charge < -0.3 is 45.3 Å². The van der Waals surface area contributed by atoms with Crippen LogP contribution in [0.2, 0.25) is 0 Å². The van der Waals surface area contributed by atoms with Crippen LogP contribution in [-0.4, -0.2) is 94.9 Å². The lowest BCUT2D eigenvalue weighted by Crippen LogP contribution is -2.41. The number of piperidine rings is 1. The number of amides is 3. The van der Waals surface area contributed by atoms with Crippen molar-refractivity contribution >= 4 is 23.7 Å². The van der Waals surface area contributed by atoms with Crippen LogP contribution in [0.1, 0.15) is 54.3 Å². The minimum absolute atomic E-state index is 0.0897. The fourth-order valence-corrected chi connectivity index (χ4v) is 4.61. The Hall–Kier alpha value is -4.52. The van der Waals surface area contributed by atoms with Gasteiger partial charge in [-0.1, -0.05) is 0 Å².